The number of hydrogen-bond donors (Lipinski definition) is 1. The summed E-state index contributed by atoms with van der Waals surface area (Å²) >= 11 is 0. The van der Waals surface area contributed by atoms with Gasteiger partial charge >= 0.3 is 5.24 Å². The summed E-state index contributed by atoms with van der Waals surface area (Å²) in [5.41, 5.74) is 0.882. The standard InChI is InChI=1S/C16H22FN3O4S/c1-2-11-25(23,24)16(22)18-12-15(21)20-9-7-19(8-10-20)14-5-3-13(17)4-6-14/h3-6H,2,7-12H2,1H3,(H,18,22). The van der Waals surface area contributed by atoms with Crippen molar-refractivity contribution in [1.82, 2.24) is 10.2 Å². The molecule has 7 nitrogen and oxygen atoms in total. The van der Waals surface area contributed by atoms with Crippen LogP contribution >= 0.6 is 0 Å². The van der Waals surface area contributed by atoms with Crippen molar-refractivity contribution in [1.29, 1.82) is 0 Å². The third-order valence-corrected chi connectivity index (χ3v) is 5.62. The number of halogens is 1. The Bertz CT molecular complexity index is 713. The molecule has 0 atom stereocenters. The van der Waals surface area contributed by atoms with Crippen molar-refractivity contribution < 1.29 is 22.4 Å². The van der Waals surface area contributed by atoms with Crippen molar-refractivity contribution in [3.63, 3.8) is 0 Å². The van der Waals surface area contributed by atoms with E-state index >= 15 is 0 Å². The van der Waals surface area contributed by atoms with E-state index in [4.69, 9.17) is 0 Å². The van der Waals surface area contributed by atoms with Crippen molar-refractivity contribution in [2.75, 3.05) is 43.4 Å². The normalized spacial score (nSPS) is 15.1. The van der Waals surface area contributed by atoms with E-state index in [0.29, 0.717) is 32.6 Å². The van der Waals surface area contributed by atoms with Gasteiger partial charge < -0.3 is 15.1 Å². The second-order valence-corrected chi connectivity index (χ2v) is 7.81. The summed E-state index contributed by atoms with van der Waals surface area (Å²) in [4.78, 5) is 27.3. The Morgan fingerprint density at radius 3 is 2.28 bits per heavy atom. The van der Waals surface area contributed by atoms with Crippen LogP contribution in [-0.4, -0.2) is 62.9 Å². The Labute approximate surface area is 146 Å². The number of hydrogen-bond acceptors (Lipinski definition) is 5. The van der Waals surface area contributed by atoms with Crippen molar-refractivity contribution >= 4 is 26.7 Å². The molecule has 1 N–H and O–H groups in total. The predicted octanol–water partition coefficient (Wildman–Crippen LogP) is 1.01. The monoisotopic (exact) mass is 371 g/mol. The number of benzene rings is 1. The molecule has 0 aliphatic carbocycles. The van der Waals surface area contributed by atoms with Gasteiger partial charge in [-0.1, -0.05) is 6.92 Å². The predicted molar refractivity (Wildman–Crippen MR) is 92.7 cm³/mol. The zero-order valence-corrected chi connectivity index (χ0v) is 14.9. The minimum absolute atomic E-state index is 0.233. The van der Waals surface area contributed by atoms with Gasteiger partial charge in [-0.2, -0.15) is 0 Å². The van der Waals surface area contributed by atoms with Crippen LogP contribution in [0.5, 0.6) is 0 Å². The van der Waals surface area contributed by atoms with Gasteiger partial charge in [0.1, 0.15) is 5.82 Å². The molecule has 25 heavy (non-hydrogen) atoms. The zero-order chi connectivity index (χ0) is 18.4. The molecule has 1 heterocycles. The molecule has 2 rings (SSSR count). The number of nitrogens with zero attached hydrogens (tertiary/aromatic N) is 2. The molecule has 0 bridgehead atoms. The number of anilines is 1. The average molecular weight is 371 g/mol. The van der Waals surface area contributed by atoms with Crippen LogP contribution in [0.15, 0.2) is 24.3 Å². The van der Waals surface area contributed by atoms with E-state index in [1.54, 1.807) is 24.0 Å². The number of sulfone groups is 1. The van der Waals surface area contributed by atoms with E-state index in [-0.39, 0.29) is 24.0 Å². The maximum Gasteiger partial charge on any atom is 0.336 e. The topological polar surface area (TPSA) is 86.8 Å². The second kappa shape index (κ2) is 8.28. The number of nitrogens with one attached hydrogen (secondary N) is 1. The minimum Gasteiger partial charge on any atom is -0.368 e. The zero-order valence-electron chi connectivity index (χ0n) is 14.1. The summed E-state index contributed by atoms with van der Waals surface area (Å²) in [5.74, 6) is -0.853. The second-order valence-electron chi connectivity index (χ2n) is 5.80. The van der Waals surface area contributed by atoms with Crippen LogP contribution in [0.2, 0.25) is 0 Å². The Morgan fingerprint density at radius 2 is 1.72 bits per heavy atom. The van der Waals surface area contributed by atoms with E-state index in [0.717, 1.165) is 5.69 Å². The Morgan fingerprint density at radius 1 is 1.12 bits per heavy atom. The first kappa shape index (κ1) is 19.2. The largest absolute Gasteiger partial charge is 0.368 e. The Balaban J connectivity index is 1.81. The lowest BCUT2D eigenvalue weighted by molar-refractivity contribution is -0.130. The molecule has 1 aromatic rings. The molecule has 0 radical (unpaired) electrons. The summed E-state index contributed by atoms with van der Waals surface area (Å²) in [6.07, 6.45) is 0.342. The molecule has 9 heteroatoms. The third-order valence-electron chi connectivity index (χ3n) is 3.96. The number of carbonyl (C=O) groups excluding carboxylic acids is 2. The molecule has 0 aromatic heterocycles. The van der Waals surface area contributed by atoms with E-state index in [2.05, 4.69) is 5.32 Å². The van der Waals surface area contributed by atoms with Gasteiger partial charge in [0, 0.05) is 31.9 Å². The van der Waals surface area contributed by atoms with Crippen molar-refractivity contribution in [3.8, 4) is 0 Å². The lowest BCUT2D eigenvalue weighted by Crippen LogP contribution is -2.51. The van der Waals surface area contributed by atoms with Crippen LogP contribution in [0.3, 0.4) is 0 Å². The first-order valence-electron chi connectivity index (χ1n) is 8.12. The van der Waals surface area contributed by atoms with Crippen LogP contribution < -0.4 is 10.2 Å². The average Bonchev–Trinajstić information content (AvgIpc) is 2.60. The summed E-state index contributed by atoms with van der Waals surface area (Å²) in [6, 6.07) is 6.15. The minimum atomic E-state index is -3.84. The smallest absolute Gasteiger partial charge is 0.336 e. The van der Waals surface area contributed by atoms with Gasteiger partial charge in [0.15, 0.2) is 0 Å². The number of amides is 2. The summed E-state index contributed by atoms with van der Waals surface area (Å²) < 4.78 is 36.1. The lowest BCUT2D eigenvalue weighted by atomic mass is 10.2. The summed E-state index contributed by atoms with van der Waals surface area (Å²) in [5, 5.41) is 1.08. The van der Waals surface area contributed by atoms with Crippen LogP contribution in [0.25, 0.3) is 0 Å². The van der Waals surface area contributed by atoms with E-state index in [1.165, 1.54) is 12.1 Å². The fourth-order valence-corrected chi connectivity index (χ4v) is 3.61. The van der Waals surface area contributed by atoms with Crippen molar-refractivity contribution in [3.05, 3.63) is 30.1 Å². The fourth-order valence-electron chi connectivity index (χ4n) is 2.60. The van der Waals surface area contributed by atoms with Gasteiger partial charge in [-0.3, -0.25) is 9.59 Å². The molecule has 1 aromatic carbocycles. The lowest BCUT2D eigenvalue weighted by Gasteiger charge is -2.36. The molecule has 1 saturated heterocycles. The highest BCUT2D eigenvalue weighted by molar-refractivity contribution is 8.06. The first-order chi connectivity index (χ1) is 11.8. The van der Waals surface area contributed by atoms with Crippen molar-refractivity contribution in [2.24, 2.45) is 0 Å². The molecule has 138 valence electrons. The number of rotatable bonds is 5. The maximum atomic E-state index is 13.0. The maximum absolute atomic E-state index is 13.0. The summed E-state index contributed by atoms with van der Waals surface area (Å²) in [7, 11) is -3.84. The van der Waals surface area contributed by atoms with Gasteiger partial charge in [0.25, 0.3) is 0 Å². The molecular formula is C16H22FN3O4S. The van der Waals surface area contributed by atoms with E-state index in [9.17, 15) is 22.4 Å². The number of piperazine rings is 1. The third kappa shape index (κ3) is 5.15. The summed E-state index contributed by atoms with van der Waals surface area (Å²) in [6.45, 7) is 3.40. The number of carbonyl (C=O) groups is 2. The molecule has 1 aliphatic heterocycles. The Hall–Kier alpha value is -2.16. The van der Waals surface area contributed by atoms with Gasteiger partial charge in [0.2, 0.25) is 15.7 Å². The quantitative estimate of drug-likeness (QED) is 0.835. The highest BCUT2D eigenvalue weighted by Crippen LogP contribution is 2.16. The molecule has 0 spiro atoms. The van der Waals surface area contributed by atoms with Crippen LogP contribution in [-0.2, 0) is 14.6 Å². The highest BCUT2D eigenvalue weighted by atomic mass is 32.2. The molecule has 1 aliphatic rings. The van der Waals surface area contributed by atoms with Gasteiger partial charge in [0.05, 0.1) is 12.3 Å². The molecule has 2 amide bonds. The van der Waals surface area contributed by atoms with E-state index < -0.39 is 15.1 Å². The molecule has 0 unspecified atom stereocenters. The van der Waals surface area contributed by atoms with Gasteiger partial charge in [-0.15, -0.1) is 0 Å². The molecular weight excluding hydrogens is 349 g/mol. The SMILES string of the molecule is CCCS(=O)(=O)C(=O)NCC(=O)N1CCN(c2ccc(F)cc2)CC1. The van der Waals surface area contributed by atoms with E-state index in [1.807, 2.05) is 4.90 Å². The van der Waals surface area contributed by atoms with Gasteiger partial charge in [-0.25, -0.2) is 12.8 Å². The van der Waals surface area contributed by atoms with Crippen molar-refractivity contribution in [2.45, 2.75) is 13.3 Å². The molecule has 0 saturated carbocycles. The molecule has 1 fully saturated rings. The van der Waals surface area contributed by atoms with Gasteiger partial charge in [-0.05, 0) is 30.7 Å². The Kier molecular flexibility index (Phi) is 6.35. The first-order valence-corrected chi connectivity index (χ1v) is 9.77. The van der Waals surface area contributed by atoms with Crippen LogP contribution in [0.1, 0.15) is 13.3 Å². The van der Waals surface area contributed by atoms with Crippen LogP contribution in [0, 0.1) is 5.82 Å². The van der Waals surface area contributed by atoms with Crippen LogP contribution in [0.4, 0.5) is 14.9 Å². The fraction of sp³-hybridized carbons (Fsp3) is 0.500. The highest BCUT2D eigenvalue weighted by Gasteiger charge is 2.24.